The molecule has 3 rings (SSSR count). The molecular formula is C29H41N3O5. The van der Waals surface area contributed by atoms with Gasteiger partial charge in [0, 0.05) is 37.9 Å². The Morgan fingerprint density at radius 3 is 2.78 bits per heavy atom. The summed E-state index contributed by atoms with van der Waals surface area (Å²) < 4.78 is 11.8. The lowest BCUT2D eigenvalue weighted by Gasteiger charge is -2.29. The molecule has 0 radical (unpaired) electrons. The van der Waals surface area contributed by atoms with E-state index in [0.29, 0.717) is 68.2 Å². The van der Waals surface area contributed by atoms with Gasteiger partial charge >= 0.3 is 0 Å². The quantitative estimate of drug-likeness (QED) is 0.265. The molecule has 0 aliphatic carbocycles. The summed E-state index contributed by atoms with van der Waals surface area (Å²) in [6.07, 6.45) is 13.8. The number of ether oxygens (including phenoxy) is 2. The summed E-state index contributed by atoms with van der Waals surface area (Å²) >= 11 is 0. The van der Waals surface area contributed by atoms with Gasteiger partial charge < -0.3 is 35.2 Å². The van der Waals surface area contributed by atoms with Gasteiger partial charge in [0.2, 0.25) is 0 Å². The Morgan fingerprint density at radius 1 is 1.19 bits per heavy atom. The highest BCUT2D eigenvalue weighted by Gasteiger charge is 2.17. The molecule has 2 aliphatic heterocycles. The van der Waals surface area contributed by atoms with Crippen LogP contribution in [0.3, 0.4) is 0 Å². The van der Waals surface area contributed by atoms with Crippen LogP contribution < -0.4 is 5.73 Å². The molecule has 1 atom stereocenters. The first-order valence-corrected chi connectivity index (χ1v) is 13.1. The van der Waals surface area contributed by atoms with E-state index in [4.69, 9.17) is 20.0 Å². The van der Waals surface area contributed by atoms with Gasteiger partial charge in [0.1, 0.15) is 17.3 Å². The van der Waals surface area contributed by atoms with Crippen LogP contribution in [-0.2, 0) is 20.7 Å². The molecule has 1 saturated heterocycles. The van der Waals surface area contributed by atoms with E-state index in [9.17, 15) is 10.2 Å². The van der Waals surface area contributed by atoms with Crippen molar-refractivity contribution in [3.05, 3.63) is 66.4 Å². The van der Waals surface area contributed by atoms with Crippen molar-refractivity contribution in [3.8, 4) is 11.5 Å². The molecule has 8 heteroatoms. The third-order valence-electron chi connectivity index (χ3n) is 6.32. The summed E-state index contributed by atoms with van der Waals surface area (Å²) in [6, 6.07) is 2.87. The number of aromatic hydroxyl groups is 2. The van der Waals surface area contributed by atoms with Crippen molar-refractivity contribution in [1.82, 2.24) is 4.90 Å². The number of nitrogens with two attached hydrogens (primary N) is 1. The molecule has 0 bridgehead atoms. The van der Waals surface area contributed by atoms with E-state index in [-0.39, 0.29) is 17.6 Å². The van der Waals surface area contributed by atoms with Gasteiger partial charge in [-0.1, -0.05) is 36.5 Å². The van der Waals surface area contributed by atoms with Gasteiger partial charge in [-0.2, -0.15) is 0 Å². The van der Waals surface area contributed by atoms with Crippen LogP contribution in [0.2, 0.25) is 0 Å². The number of hydrogen-bond donors (Lipinski definition) is 3. The number of likely N-dealkylation sites (tertiary alicyclic amines) is 1. The van der Waals surface area contributed by atoms with E-state index >= 15 is 0 Å². The number of piperidine rings is 1. The van der Waals surface area contributed by atoms with E-state index < -0.39 is 0 Å². The van der Waals surface area contributed by atoms with Gasteiger partial charge in [-0.3, -0.25) is 0 Å². The molecule has 1 fully saturated rings. The fraction of sp³-hybridized carbons (Fsp3) is 0.483. The zero-order chi connectivity index (χ0) is 26.5. The molecule has 8 nitrogen and oxygen atoms in total. The second-order valence-electron chi connectivity index (χ2n) is 9.32. The Hall–Kier alpha value is -3.23. The third-order valence-corrected chi connectivity index (χ3v) is 6.32. The largest absolute Gasteiger partial charge is 0.508 e. The van der Waals surface area contributed by atoms with Gasteiger partial charge in [0.05, 0.1) is 24.0 Å². The second kappa shape index (κ2) is 15.1. The molecule has 1 aromatic rings. The summed E-state index contributed by atoms with van der Waals surface area (Å²) in [6.45, 7) is 12.0. The molecule has 0 spiro atoms. The minimum Gasteiger partial charge on any atom is -0.508 e. The predicted octanol–water partition coefficient (Wildman–Crippen LogP) is 4.64. The lowest BCUT2D eigenvalue weighted by atomic mass is 9.98. The molecule has 37 heavy (non-hydrogen) atoms. The highest BCUT2D eigenvalue weighted by atomic mass is 16.6. The standard InChI is InChI=1S/C29H41N3O5/c1-22(32-14-5-3-6-15-32)21-37-31-25-10-8-12-27(36-17-9-13-30)11-4-7-16-35-23(2)29-24(18-25)19-26(33)20-28(29)34/h4,8,10-11,19-20,27,33-34H,1-3,5-7,9,12-18,21,30H2/b10-8+,11-4+,31-25-. The van der Waals surface area contributed by atoms with Crippen molar-refractivity contribution in [2.24, 2.45) is 10.9 Å². The van der Waals surface area contributed by atoms with E-state index in [1.54, 1.807) is 6.07 Å². The van der Waals surface area contributed by atoms with Gasteiger partial charge in [-0.15, -0.1) is 0 Å². The van der Waals surface area contributed by atoms with Gasteiger partial charge in [-0.05, 0) is 62.8 Å². The van der Waals surface area contributed by atoms with Crippen LogP contribution in [0.15, 0.2) is 60.4 Å². The first-order chi connectivity index (χ1) is 18.0. The highest BCUT2D eigenvalue weighted by Crippen LogP contribution is 2.33. The van der Waals surface area contributed by atoms with Gasteiger partial charge in [-0.25, -0.2) is 0 Å². The zero-order valence-corrected chi connectivity index (χ0v) is 21.7. The highest BCUT2D eigenvalue weighted by molar-refractivity contribution is 5.97. The molecule has 202 valence electrons. The lowest BCUT2D eigenvalue weighted by Crippen LogP contribution is -2.30. The number of benzene rings is 1. The van der Waals surface area contributed by atoms with Crippen molar-refractivity contribution in [2.75, 3.05) is 39.5 Å². The monoisotopic (exact) mass is 511 g/mol. The third kappa shape index (κ3) is 9.30. The normalized spacial score (nSPS) is 22.0. The van der Waals surface area contributed by atoms with Crippen LogP contribution in [0.4, 0.5) is 0 Å². The summed E-state index contributed by atoms with van der Waals surface area (Å²) in [5.74, 6) is 0.180. The fourth-order valence-electron chi connectivity index (χ4n) is 4.37. The number of fused-ring (bicyclic) bond motifs is 1. The first kappa shape index (κ1) is 28.3. The van der Waals surface area contributed by atoms with Crippen LogP contribution >= 0.6 is 0 Å². The number of phenols is 2. The summed E-state index contributed by atoms with van der Waals surface area (Å²) in [5, 5.41) is 25.2. The van der Waals surface area contributed by atoms with Gasteiger partial charge in [0.25, 0.3) is 0 Å². The van der Waals surface area contributed by atoms with Crippen LogP contribution in [0.25, 0.3) is 5.76 Å². The minimum absolute atomic E-state index is 0.0517. The SMILES string of the molecule is C=C1OCC/C=C/C(OCCCN)C/C=C/C(=N/OCC(=C)N2CCCCC2)Cc2cc(O)cc(O)c21. The van der Waals surface area contributed by atoms with Crippen molar-refractivity contribution < 1.29 is 24.5 Å². The van der Waals surface area contributed by atoms with Crippen molar-refractivity contribution in [2.45, 2.75) is 51.0 Å². The Morgan fingerprint density at radius 2 is 2.00 bits per heavy atom. The summed E-state index contributed by atoms with van der Waals surface area (Å²) in [7, 11) is 0. The number of hydrogen-bond acceptors (Lipinski definition) is 8. The molecule has 1 aromatic carbocycles. The van der Waals surface area contributed by atoms with Crippen molar-refractivity contribution in [3.63, 3.8) is 0 Å². The number of phenolic OH excluding ortho intramolecular Hbond substituents is 2. The molecule has 0 saturated carbocycles. The topological polar surface area (TPSA) is 110 Å². The van der Waals surface area contributed by atoms with Crippen molar-refractivity contribution in [1.29, 1.82) is 0 Å². The van der Waals surface area contributed by atoms with Crippen LogP contribution in [-0.4, -0.2) is 66.4 Å². The van der Waals surface area contributed by atoms with Crippen LogP contribution in [0, 0.1) is 0 Å². The van der Waals surface area contributed by atoms with E-state index in [1.807, 2.05) is 24.3 Å². The first-order valence-electron chi connectivity index (χ1n) is 13.1. The molecular weight excluding hydrogens is 470 g/mol. The maximum absolute atomic E-state index is 10.6. The van der Waals surface area contributed by atoms with E-state index in [0.717, 1.165) is 38.0 Å². The van der Waals surface area contributed by atoms with Gasteiger partial charge in [0.15, 0.2) is 6.61 Å². The number of nitrogens with zero attached hydrogens (tertiary/aromatic N) is 2. The zero-order valence-electron chi connectivity index (χ0n) is 21.7. The summed E-state index contributed by atoms with van der Waals surface area (Å²) in [5.41, 5.74) is 8.21. The maximum atomic E-state index is 10.6. The molecule has 1 unspecified atom stereocenters. The Kier molecular flexibility index (Phi) is 11.6. The number of oxime groups is 1. The number of allylic oxidation sites excluding steroid dienone is 1. The van der Waals surface area contributed by atoms with Crippen LogP contribution in [0.1, 0.15) is 49.7 Å². The molecule has 4 N–H and O–H groups in total. The fourth-order valence-corrected chi connectivity index (χ4v) is 4.37. The predicted molar refractivity (Wildman–Crippen MR) is 147 cm³/mol. The maximum Gasteiger partial charge on any atom is 0.156 e. The van der Waals surface area contributed by atoms with Crippen LogP contribution in [0.5, 0.6) is 11.5 Å². The molecule has 2 heterocycles. The minimum atomic E-state index is -0.102. The second-order valence-corrected chi connectivity index (χ2v) is 9.32. The molecule has 0 amide bonds. The Balaban J connectivity index is 1.83. The molecule has 0 aromatic heterocycles. The lowest BCUT2D eigenvalue weighted by molar-refractivity contribution is 0.0862. The van der Waals surface area contributed by atoms with E-state index in [2.05, 4.69) is 23.2 Å². The number of rotatable bonds is 8. The average molecular weight is 512 g/mol. The Bertz CT molecular complexity index is 996. The van der Waals surface area contributed by atoms with E-state index in [1.165, 1.54) is 12.5 Å². The Labute approximate surface area is 220 Å². The van der Waals surface area contributed by atoms with Crippen molar-refractivity contribution >= 4 is 11.5 Å². The smallest absolute Gasteiger partial charge is 0.156 e. The average Bonchev–Trinajstić information content (AvgIpc) is 2.87. The molecule has 2 aliphatic rings. The summed E-state index contributed by atoms with van der Waals surface area (Å²) in [4.78, 5) is 7.97.